The van der Waals surface area contributed by atoms with Crippen molar-refractivity contribution in [1.82, 2.24) is 5.32 Å². The molecule has 28 heavy (non-hydrogen) atoms. The lowest BCUT2D eigenvalue weighted by molar-refractivity contribution is -0.136. The lowest BCUT2D eigenvalue weighted by Gasteiger charge is -2.21. The Balaban J connectivity index is 2.09. The molecule has 1 unspecified atom stereocenters. The Kier molecular flexibility index (Phi) is 7.32. The van der Waals surface area contributed by atoms with Crippen molar-refractivity contribution in [3.63, 3.8) is 0 Å². The van der Waals surface area contributed by atoms with Gasteiger partial charge in [-0.2, -0.15) is 0 Å². The van der Waals surface area contributed by atoms with Crippen LogP contribution in [0, 0.1) is 12.8 Å². The number of carboxylic acids is 1. The zero-order valence-electron chi connectivity index (χ0n) is 16.4. The third-order valence-electron chi connectivity index (χ3n) is 4.30. The fraction of sp³-hybridized carbons (Fsp3) is 0.318. The maximum atomic E-state index is 12.7. The molecule has 6 heteroatoms. The summed E-state index contributed by atoms with van der Waals surface area (Å²) >= 11 is 0. The number of aryl methyl sites for hydroxylation is 1. The molecule has 2 aromatic carbocycles. The molecule has 0 heterocycles. The molecule has 0 fully saturated rings. The summed E-state index contributed by atoms with van der Waals surface area (Å²) in [5, 5.41) is 14.5. The van der Waals surface area contributed by atoms with Crippen LogP contribution < -0.4 is 10.6 Å². The first-order chi connectivity index (χ1) is 13.3. The van der Waals surface area contributed by atoms with Crippen LogP contribution in [0.1, 0.15) is 41.8 Å². The zero-order valence-corrected chi connectivity index (χ0v) is 16.4. The van der Waals surface area contributed by atoms with E-state index in [1.54, 1.807) is 36.4 Å². The van der Waals surface area contributed by atoms with Crippen LogP contribution >= 0.6 is 0 Å². The Morgan fingerprint density at radius 2 is 1.64 bits per heavy atom. The van der Waals surface area contributed by atoms with Gasteiger partial charge < -0.3 is 15.7 Å². The molecular weight excluding hydrogens is 356 g/mol. The van der Waals surface area contributed by atoms with Crippen LogP contribution in [0.3, 0.4) is 0 Å². The van der Waals surface area contributed by atoms with Gasteiger partial charge in [0.15, 0.2) is 0 Å². The molecule has 1 atom stereocenters. The van der Waals surface area contributed by atoms with Gasteiger partial charge in [-0.3, -0.25) is 14.4 Å². The molecular formula is C22H26N2O4. The number of nitrogens with one attached hydrogen (secondary N) is 2. The number of aliphatic carboxylic acids is 1. The molecule has 6 nitrogen and oxygen atoms in total. The molecule has 0 aliphatic rings. The van der Waals surface area contributed by atoms with E-state index in [0.717, 1.165) is 5.56 Å². The summed E-state index contributed by atoms with van der Waals surface area (Å²) < 4.78 is 0. The van der Waals surface area contributed by atoms with E-state index in [-0.39, 0.29) is 24.2 Å². The second-order valence-electron chi connectivity index (χ2n) is 7.23. The highest BCUT2D eigenvalue weighted by Crippen LogP contribution is 2.14. The molecule has 0 aromatic heterocycles. The Hall–Kier alpha value is -3.15. The minimum absolute atomic E-state index is 0.0727. The molecule has 2 aromatic rings. The SMILES string of the molecule is Cc1ccccc1C(=O)NC(CC(C)C)C(=O)Nc1ccc(CC(=O)O)cc1. The van der Waals surface area contributed by atoms with Crippen molar-refractivity contribution in [2.75, 3.05) is 5.32 Å². The van der Waals surface area contributed by atoms with E-state index >= 15 is 0 Å². The molecule has 148 valence electrons. The topological polar surface area (TPSA) is 95.5 Å². The van der Waals surface area contributed by atoms with Crippen LogP contribution in [0.5, 0.6) is 0 Å². The van der Waals surface area contributed by atoms with Crippen LogP contribution in [0.4, 0.5) is 5.69 Å². The van der Waals surface area contributed by atoms with Gasteiger partial charge in [-0.1, -0.05) is 44.2 Å². The molecule has 2 rings (SSSR count). The lowest BCUT2D eigenvalue weighted by atomic mass is 10.0. The number of amides is 2. The minimum Gasteiger partial charge on any atom is -0.481 e. The summed E-state index contributed by atoms with van der Waals surface area (Å²) in [4.78, 5) is 36.1. The van der Waals surface area contributed by atoms with Crippen LogP contribution in [0.2, 0.25) is 0 Å². The summed E-state index contributed by atoms with van der Waals surface area (Å²) in [5.74, 6) is -1.28. The van der Waals surface area contributed by atoms with Gasteiger partial charge in [0.1, 0.15) is 6.04 Å². The normalized spacial score (nSPS) is 11.7. The van der Waals surface area contributed by atoms with Crippen LogP contribution in [-0.2, 0) is 16.0 Å². The second kappa shape index (κ2) is 9.69. The van der Waals surface area contributed by atoms with Gasteiger partial charge in [-0.15, -0.1) is 0 Å². The van der Waals surface area contributed by atoms with Crippen molar-refractivity contribution in [3.8, 4) is 0 Å². The van der Waals surface area contributed by atoms with Crippen molar-refractivity contribution in [3.05, 3.63) is 65.2 Å². The second-order valence-corrected chi connectivity index (χ2v) is 7.23. The molecule has 2 amide bonds. The average molecular weight is 382 g/mol. The maximum absolute atomic E-state index is 12.7. The monoisotopic (exact) mass is 382 g/mol. The third kappa shape index (κ3) is 6.23. The molecule has 0 aliphatic heterocycles. The van der Waals surface area contributed by atoms with E-state index in [9.17, 15) is 14.4 Å². The van der Waals surface area contributed by atoms with Gasteiger partial charge in [-0.25, -0.2) is 0 Å². The van der Waals surface area contributed by atoms with E-state index in [1.165, 1.54) is 0 Å². The van der Waals surface area contributed by atoms with Gasteiger partial charge in [0.25, 0.3) is 5.91 Å². The number of carbonyl (C=O) groups is 3. The zero-order chi connectivity index (χ0) is 20.7. The van der Waals surface area contributed by atoms with Gasteiger partial charge in [0.2, 0.25) is 5.91 Å². The minimum atomic E-state index is -0.910. The lowest BCUT2D eigenvalue weighted by Crippen LogP contribution is -2.44. The smallest absolute Gasteiger partial charge is 0.307 e. The Morgan fingerprint density at radius 3 is 2.21 bits per heavy atom. The number of carbonyl (C=O) groups excluding carboxylic acids is 2. The fourth-order valence-electron chi connectivity index (χ4n) is 2.88. The first-order valence-electron chi connectivity index (χ1n) is 9.24. The number of benzene rings is 2. The van der Waals surface area contributed by atoms with Gasteiger partial charge >= 0.3 is 5.97 Å². The number of hydrogen-bond donors (Lipinski definition) is 3. The predicted octanol–water partition coefficient (Wildman–Crippen LogP) is 3.41. The Morgan fingerprint density at radius 1 is 1.00 bits per heavy atom. The molecule has 0 bridgehead atoms. The average Bonchev–Trinajstić information content (AvgIpc) is 2.62. The third-order valence-corrected chi connectivity index (χ3v) is 4.30. The van der Waals surface area contributed by atoms with E-state index < -0.39 is 12.0 Å². The fourth-order valence-corrected chi connectivity index (χ4v) is 2.88. The molecule has 0 aliphatic carbocycles. The van der Waals surface area contributed by atoms with Crippen molar-refractivity contribution in [2.24, 2.45) is 5.92 Å². The van der Waals surface area contributed by atoms with Crippen molar-refractivity contribution < 1.29 is 19.5 Å². The molecule has 3 N–H and O–H groups in total. The van der Waals surface area contributed by atoms with Crippen LogP contribution in [0.15, 0.2) is 48.5 Å². The van der Waals surface area contributed by atoms with Gasteiger partial charge in [0, 0.05) is 11.3 Å². The van der Waals surface area contributed by atoms with Gasteiger partial charge in [0.05, 0.1) is 6.42 Å². The number of rotatable bonds is 8. The van der Waals surface area contributed by atoms with Crippen molar-refractivity contribution in [1.29, 1.82) is 0 Å². The number of hydrogen-bond acceptors (Lipinski definition) is 3. The van der Waals surface area contributed by atoms with Crippen LogP contribution in [0.25, 0.3) is 0 Å². The van der Waals surface area contributed by atoms with Crippen molar-refractivity contribution in [2.45, 2.75) is 39.7 Å². The highest BCUT2D eigenvalue weighted by atomic mass is 16.4. The van der Waals surface area contributed by atoms with Gasteiger partial charge in [-0.05, 0) is 48.6 Å². The largest absolute Gasteiger partial charge is 0.481 e. The number of carboxylic acid groups (broad SMARTS) is 1. The summed E-state index contributed by atoms with van der Waals surface area (Å²) in [7, 11) is 0. The summed E-state index contributed by atoms with van der Waals surface area (Å²) in [6, 6.07) is 13.2. The quantitative estimate of drug-likeness (QED) is 0.652. The molecule has 0 spiro atoms. The van der Waals surface area contributed by atoms with E-state index in [4.69, 9.17) is 5.11 Å². The molecule has 0 saturated carbocycles. The summed E-state index contributed by atoms with van der Waals surface area (Å²) in [6.45, 7) is 5.83. The highest BCUT2D eigenvalue weighted by Gasteiger charge is 2.23. The van der Waals surface area contributed by atoms with Crippen LogP contribution in [-0.4, -0.2) is 28.9 Å². The first-order valence-corrected chi connectivity index (χ1v) is 9.24. The van der Waals surface area contributed by atoms with E-state index in [1.807, 2.05) is 32.9 Å². The van der Waals surface area contributed by atoms with Crippen molar-refractivity contribution >= 4 is 23.5 Å². The molecule has 0 saturated heterocycles. The first kappa shape index (κ1) is 21.2. The predicted molar refractivity (Wildman–Crippen MR) is 108 cm³/mol. The summed E-state index contributed by atoms with van der Waals surface area (Å²) in [5.41, 5.74) is 2.59. The van der Waals surface area contributed by atoms with E-state index in [2.05, 4.69) is 10.6 Å². The highest BCUT2D eigenvalue weighted by molar-refractivity contribution is 6.01. The number of anilines is 1. The Bertz CT molecular complexity index is 844. The molecule has 0 radical (unpaired) electrons. The maximum Gasteiger partial charge on any atom is 0.307 e. The Labute approximate surface area is 165 Å². The summed E-state index contributed by atoms with van der Waals surface area (Å²) in [6.07, 6.45) is 0.428. The van der Waals surface area contributed by atoms with E-state index in [0.29, 0.717) is 23.2 Å². The standard InChI is InChI=1S/C22H26N2O4/c1-14(2)12-19(24-21(27)18-7-5-4-6-15(18)3)22(28)23-17-10-8-16(9-11-17)13-20(25)26/h4-11,14,19H,12-13H2,1-3H3,(H,23,28)(H,24,27)(H,25,26).